The van der Waals surface area contributed by atoms with E-state index in [4.69, 9.17) is 31.5 Å². The van der Waals surface area contributed by atoms with Crippen molar-refractivity contribution in [3.8, 4) is 5.88 Å². The van der Waals surface area contributed by atoms with Gasteiger partial charge in [-0.15, -0.1) is 0 Å². The van der Waals surface area contributed by atoms with Gasteiger partial charge in [0.05, 0.1) is 30.8 Å². The van der Waals surface area contributed by atoms with Crippen LogP contribution in [0.1, 0.15) is 35.4 Å². The van der Waals surface area contributed by atoms with Gasteiger partial charge in [-0.25, -0.2) is 4.39 Å². The van der Waals surface area contributed by atoms with Gasteiger partial charge in [0.25, 0.3) is 5.91 Å². The molecule has 0 bridgehead atoms. The van der Waals surface area contributed by atoms with Crippen LogP contribution in [0.4, 0.5) is 10.2 Å². The molecule has 1 unspecified atom stereocenters. The summed E-state index contributed by atoms with van der Waals surface area (Å²) >= 11 is 6.02. The largest absolute Gasteiger partial charge is 0.480 e. The Kier molecular flexibility index (Phi) is 8.65. The van der Waals surface area contributed by atoms with Gasteiger partial charge in [0.15, 0.2) is 0 Å². The highest BCUT2D eigenvalue weighted by Crippen LogP contribution is 2.26. The SMILES string of the molecule is COc1nc(N)c(Cl)cc1C(=O)N[C@H]1CCN(CC(=O)OC(C)c2ccc(F)cc2)C[C@H]1OC. The number of likely N-dealkylation sites (tertiary alicyclic amines) is 1. The van der Waals surface area contributed by atoms with Gasteiger partial charge in [-0.05, 0) is 37.1 Å². The molecule has 1 saturated heterocycles. The predicted molar refractivity (Wildman–Crippen MR) is 124 cm³/mol. The van der Waals surface area contributed by atoms with Crippen LogP contribution in [-0.4, -0.2) is 67.8 Å². The number of esters is 1. The van der Waals surface area contributed by atoms with Gasteiger partial charge < -0.3 is 25.3 Å². The standard InChI is InChI=1S/C23H28ClFN4O5/c1-13(14-4-6-15(25)7-5-14)34-20(30)12-29-9-8-18(19(11-29)32-2)27-22(31)16-10-17(24)21(26)28-23(16)33-3/h4-7,10,13,18-19H,8-9,11-12H2,1-3H3,(H2,26,28)(H,27,31)/t13?,18-,19+/m0/s1. The van der Waals surface area contributed by atoms with Crippen molar-refractivity contribution in [3.05, 3.63) is 52.3 Å². The number of hydrogen-bond acceptors (Lipinski definition) is 8. The summed E-state index contributed by atoms with van der Waals surface area (Å²) in [6.45, 7) is 2.76. The Morgan fingerprint density at radius 1 is 1.32 bits per heavy atom. The highest BCUT2D eigenvalue weighted by molar-refractivity contribution is 6.33. The molecule has 0 radical (unpaired) electrons. The van der Waals surface area contributed by atoms with Gasteiger partial charge >= 0.3 is 5.97 Å². The summed E-state index contributed by atoms with van der Waals surface area (Å²) in [5, 5.41) is 3.08. The van der Waals surface area contributed by atoms with Crippen molar-refractivity contribution in [2.45, 2.75) is 31.6 Å². The molecule has 1 aliphatic heterocycles. The van der Waals surface area contributed by atoms with Crippen LogP contribution in [0.2, 0.25) is 5.02 Å². The summed E-state index contributed by atoms with van der Waals surface area (Å²) < 4.78 is 29.3. The molecule has 34 heavy (non-hydrogen) atoms. The fourth-order valence-corrected chi connectivity index (χ4v) is 3.95. The molecular formula is C23H28ClFN4O5. The predicted octanol–water partition coefficient (Wildman–Crippen LogP) is 2.59. The lowest BCUT2D eigenvalue weighted by atomic mass is 10.0. The third-order valence-electron chi connectivity index (χ3n) is 5.67. The highest BCUT2D eigenvalue weighted by atomic mass is 35.5. The van der Waals surface area contributed by atoms with Crippen LogP contribution in [0.15, 0.2) is 30.3 Å². The molecule has 0 spiro atoms. The highest BCUT2D eigenvalue weighted by Gasteiger charge is 2.32. The average molecular weight is 495 g/mol. The summed E-state index contributed by atoms with van der Waals surface area (Å²) in [4.78, 5) is 31.2. The zero-order valence-corrected chi connectivity index (χ0v) is 20.0. The summed E-state index contributed by atoms with van der Waals surface area (Å²) in [7, 11) is 2.93. The fourth-order valence-electron chi connectivity index (χ4n) is 3.80. The Morgan fingerprint density at radius 3 is 2.68 bits per heavy atom. The number of carbonyl (C=O) groups is 2. The molecule has 1 amide bonds. The number of amides is 1. The van der Waals surface area contributed by atoms with Crippen molar-refractivity contribution in [1.29, 1.82) is 0 Å². The first-order chi connectivity index (χ1) is 16.2. The molecule has 2 heterocycles. The number of nitrogen functional groups attached to an aromatic ring is 1. The van der Waals surface area contributed by atoms with Gasteiger partial charge in [-0.2, -0.15) is 4.98 Å². The van der Waals surface area contributed by atoms with E-state index in [0.717, 1.165) is 0 Å². The smallest absolute Gasteiger partial charge is 0.320 e. The van der Waals surface area contributed by atoms with E-state index < -0.39 is 18.0 Å². The van der Waals surface area contributed by atoms with E-state index in [1.807, 2.05) is 4.90 Å². The van der Waals surface area contributed by atoms with Crippen molar-refractivity contribution in [2.75, 3.05) is 39.6 Å². The van der Waals surface area contributed by atoms with E-state index in [9.17, 15) is 14.0 Å². The van der Waals surface area contributed by atoms with E-state index in [1.54, 1.807) is 26.2 Å². The first-order valence-corrected chi connectivity index (χ1v) is 11.1. The van der Waals surface area contributed by atoms with Crippen LogP contribution < -0.4 is 15.8 Å². The van der Waals surface area contributed by atoms with Crippen molar-refractivity contribution < 1.29 is 28.2 Å². The third kappa shape index (κ3) is 6.34. The number of methoxy groups -OCH3 is 2. The van der Waals surface area contributed by atoms with E-state index in [2.05, 4.69) is 10.3 Å². The minimum atomic E-state index is -0.501. The number of carbonyl (C=O) groups excluding carboxylic acids is 2. The van der Waals surface area contributed by atoms with Gasteiger partial charge in [-0.3, -0.25) is 14.5 Å². The zero-order valence-electron chi connectivity index (χ0n) is 19.2. The van der Waals surface area contributed by atoms with Gasteiger partial charge in [0, 0.05) is 20.2 Å². The minimum absolute atomic E-state index is 0.0668. The van der Waals surface area contributed by atoms with Gasteiger partial charge in [0.1, 0.15) is 23.3 Å². The second-order valence-corrected chi connectivity index (χ2v) is 8.38. The molecule has 1 aliphatic rings. The molecule has 3 atom stereocenters. The van der Waals surface area contributed by atoms with E-state index in [1.165, 1.54) is 25.3 Å². The molecule has 1 fully saturated rings. The Balaban J connectivity index is 1.56. The lowest BCUT2D eigenvalue weighted by Gasteiger charge is -2.37. The summed E-state index contributed by atoms with van der Waals surface area (Å²) in [5.74, 6) is -1.03. The second-order valence-electron chi connectivity index (χ2n) is 7.97. The number of pyridine rings is 1. The van der Waals surface area contributed by atoms with Crippen LogP contribution in [0.5, 0.6) is 5.88 Å². The molecule has 1 aromatic carbocycles. The number of nitrogens with one attached hydrogen (secondary N) is 1. The summed E-state index contributed by atoms with van der Waals surface area (Å²) in [5.41, 5.74) is 6.56. The third-order valence-corrected chi connectivity index (χ3v) is 5.97. The first-order valence-electron chi connectivity index (χ1n) is 10.7. The number of ether oxygens (including phenoxy) is 3. The number of rotatable bonds is 8. The zero-order chi connectivity index (χ0) is 24.8. The molecule has 3 rings (SSSR count). The van der Waals surface area contributed by atoms with Crippen LogP contribution in [0.25, 0.3) is 0 Å². The van der Waals surface area contributed by atoms with E-state index in [-0.39, 0.29) is 46.8 Å². The number of nitrogens with zero attached hydrogens (tertiary/aromatic N) is 2. The molecule has 184 valence electrons. The van der Waals surface area contributed by atoms with E-state index in [0.29, 0.717) is 25.1 Å². The quantitative estimate of drug-likeness (QED) is 0.538. The second kappa shape index (κ2) is 11.5. The van der Waals surface area contributed by atoms with Crippen LogP contribution in [-0.2, 0) is 14.3 Å². The minimum Gasteiger partial charge on any atom is -0.480 e. The van der Waals surface area contributed by atoms with E-state index >= 15 is 0 Å². The molecule has 0 aliphatic carbocycles. The van der Waals surface area contributed by atoms with Crippen LogP contribution in [0, 0.1) is 5.82 Å². The lowest BCUT2D eigenvalue weighted by Crippen LogP contribution is -2.55. The van der Waals surface area contributed by atoms with Crippen molar-refractivity contribution >= 4 is 29.3 Å². The number of nitrogens with two attached hydrogens (primary N) is 1. The molecule has 1 aromatic heterocycles. The molecule has 0 saturated carbocycles. The van der Waals surface area contributed by atoms with Gasteiger partial charge in [0.2, 0.25) is 5.88 Å². The van der Waals surface area contributed by atoms with Crippen molar-refractivity contribution in [2.24, 2.45) is 0 Å². The summed E-state index contributed by atoms with van der Waals surface area (Å²) in [6.07, 6.45) is -0.314. The average Bonchev–Trinajstić information content (AvgIpc) is 2.81. The number of piperidine rings is 1. The normalized spacial score (nSPS) is 19.3. The maximum absolute atomic E-state index is 13.1. The number of hydrogen-bond donors (Lipinski definition) is 2. The van der Waals surface area contributed by atoms with Gasteiger partial charge in [-0.1, -0.05) is 23.7 Å². The molecule has 3 N–H and O–H groups in total. The van der Waals surface area contributed by atoms with Crippen molar-refractivity contribution in [1.82, 2.24) is 15.2 Å². The summed E-state index contributed by atoms with van der Waals surface area (Å²) in [6, 6.07) is 6.93. The fraction of sp³-hybridized carbons (Fsp3) is 0.435. The number of benzene rings is 1. The van der Waals surface area contributed by atoms with Crippen LogP contribution >= 0.6 is 11.6 Å². The Hall–Kier alpha value is -2.95. The first kappa shape index (κ1) is 25.7. The molecule has 11 heteroatoms. The maximum Gasteiger partial charge on any atom is 0.320 e. The Bertz CT molecular complexity index is 1020. The number of anilines is 1. The topological polar surface area (TPSA) is 116 Å². The molecule has 9 nitrogen and oxygen atoms in total. The number of aromatic nitrogens is 1. The molecular weight excluding hydrogens is 467 g/mol. The Labute approximate surface area is 202 Å². The monoisotopic (exact) mass is 494 g/mol. The van der Waals surface area contributed by atoms with Crippen molar-refractivity contribution in [3.63, 3.8) is 0 Å². The van der Waals surface area contributed by atoms with Crippen LogP contribution in [0.3, 0.4) is 0 Å². The Morgan fingerprint density at radius 2 is 2.03 bits per heavy atom. The molecule has 2 aromatic rings. The number of halogens is 2. The lowest BCUT2D eigenvalue weighted by molar-refractivity contribution is -0.151. The maximum atomic E-state index is 13.1.